The van der Waals surface area contributed by atoms with Crippen molar-refractivity contribution < 1.29 is 0 Å². The minimum Gasteiger partial charge on any atom is -0.261 e. The number of aromatic nitrogens is 1. The van der Waals surface area contributed by atoms with Crippen molar-refractivity contribution in [1.82, 2.24) is 4.98 Å². The topological polar surface area (TPSA) is 25.2 Å². The van der Waals surface area contributed by atoms with Gasteiger partial charge < -0.3 is 0 Å². The molecule has 5 aromatic carbocycles. The second-order valence-corrected chi connectivity index (χ2v) is 16.3. The molecule has 4 aliphatic rings. The first kappa shape index (κ1) is 35.3. The van der Waals surface area contributed by atoms with Crippen LogP contribution in [0.25, 0.3) is 49.5 Å². The number of aliphatic imine (C=N–C) groups is 1. The largest absolute Gasteiger partial charge is 0.261 e. The van der Waals surface area contributed by atoms with E-state index in [0.717, 1.165) is 56.2 Å². The molecule has 0 N–H and O–H groups in total. The smallest absolute Gasteiger partial charge is 0.0701 e. The van der Waals surface area contributed by atoms with Crippen molar-refractivity contribution in [3.05, 3.63) is 204 Å². The van der Waals surface area contributed by atoms with Gasteiger partial charge in [-0.2, -0.15) is 0 Å². The lowest BCUT2D eigenvalue weighted by Crippen LogP contribution is -2.18. The summed E-state index contributed by atoms with van der Waals surface area (Å²) in [6.07, 6.45) is 28.1. The van der Waals surface area contributed by atoms with Crippen LogP contribution < -0.4 is 0 Å². The second-order valence-electron chi connectivity index (χ2n) is 16.3. The first-order chi connectivity index (χ1) is 28.2. The van der Waals surface area contributed by atoms with Crippen LogP contribution in [-0.2, 0) is 0 Å². The second kappa shape index (κ2) is 15.4. The average Bonchev–Trinajstić information content (AvgIpc) is 3.29. The molecular formula is C55H48N2. The number of rotatable bonds is 7. The van der Waals surface area contributed by atoms with E-state index in [1.165, 1.54) is 77.4 Å². The number of hydrogen-bond acceptors (Lipinski definition) is 2. The van der Waals surface area contributed by atoms with Crippen LogP contribution in [-0.4, -0.2) is 10.7 Å². The molecule has 2 heterocycles. The summed E-state index contributed by atoms with van der Waals surface area (Å²) in [5, 5.41) is 5.39. The predicted molar refractivity (Wildman–Crippen MR) is 241 cm³/mol. The molecule has 2 unspecified atom stereocenters. The first-order valence-corrected chi connectivity index (χ1v) is 20.9. The molecule has 1 aromatic heterocycles. The third kappa shape index (κ3) is 6.88. The Bertz CT molecular complexity index is 2700. The minimum atomic E-state index is 0.326. The van der Waals surface area contributed by atoms with E-state index in [9.17, 15) is 0 Å². The Morgan fingerprint density at radius 3 is 2.16 bits per heavy atom. The lowest BCUT2D eigenvalue weighted by atomic mass is 9.72. The van der Waals surface area contributed by atoms with Gasteiger partial charge in [-0.3, -0.25) is 9.98 Å². The van der Waals surface area contributed by atoms with Gasteiger partial charge in [0.25, 0.3) is 0 Å². The van der Waals surface area contributed by atoms with Gasteiger partial charge in [0.1, 0.15) is 0 Å². The van der Waals surface area contributed by atoms with E-state index in [2.05, 4.69) is 164 Å². The molecule has 0 amide bonds. The quantitative estimate of drug-likeness (QED) is 0.150. The number of allylic oxidation sites excluding steroid dienone is 11. The van der Waals surface area contributed by atoms with Gasteiger partial charge in [-0.05, 0) is 147 Å². The van der Waals surface area contributed by atoms with Crippen molar-refractivity contribution in [2.24, 2.45) is 10.9 Å². The summed E-state index contributed by atoms with van der Waals surface area (Å²) in [6, 6.07) is 42.8. The normalized spacial score (nSPS) is 20.8. The minimum absolute atomic E-state index is 0.326. The highest BCUT2D eigenvalue weighted by Gasteiger charge is 2.30. The Morgan fingerprint density at radius 1 is 0.614 bits per heavy atom. The van der Waals surface area contributed by atoms with Crippen LogP contribution in [0.1, 0.15) is 80.4 Å². The summed E-state index contributed by atoms with van der Waals surface area (Å²) in [5.74, 6) is 1.10. The molecule has 2 nitrogen and oxygen atoms in total. The van der Waals surface area contributed by atoms with Crippen molar-refractivity contribution in [2.45, 2.75) is 63.7 Å². The Morgan fingerprint density at radius 2 is 1.39 bits per heavy atom. The molecule has 0 fully saturated rings. The third-order valence-electron chi connectivity index (χ3n) is 12.8. The van der Waals surface area contributed by atoms with Gasteiger partial charge in [0, 0.05) is 29.6 Å². The lowest BCUT2D eigenvalue weighted by Gasteiger charge is -2.32. The highest BCUT2D eigenvalue weighted by atomic mass is 14.7. The van der Waals surface area contributed by atoms with Crippen LogP contribution in [0.2, 0.25) is 0 Å². The summed E-state index contributed by atoms with van der Waals surface area (Å²) >= 11 is 0. The molecule has 0 spiro atoms. The van der Waals surface area contributed by atoms with Crippen molar-refractivity contribution in [2.75, 3.05) is 0 Å². The van der Waals surface area contributed by atoms with Gasteiger partial charge in [-0.15, -0.1) is 0 Å². The van der Waals surface area contributed by atoms with Crippen LogP contribution in [0.3, 0.4) is 0 Å². The Balaban J connectivity index is 1.17. The number of hydrogen-bond donors (Lipinski definition) is 0. The van der Waals surface area contributed by atoms with Crippen molar-refractivity contribution >= 4 is 32.8 Å². The van der Waals surface area contributed by atoms with Gasteiger partial charge >= 0.3 is 0 Å². The predicted octanol–water partition coefficient (Wildman–Crippen LogP) is 14.7. The molecule has 3 atom stereocenters. The maximum Gasteiger partial charge on any atom is 0.0701 e. The molecule has 3 aliphatic carbocycles. The fourth-order valence-corrected chi connectivity index (χ4v) is 9.92. The molecular weight excluding hydrogens is 689 g/mol. The Labute approximate surface area is 337 Å². The zero-order valence-corrected chi connectivity index (χ0v) is 32.7. The van der Waals surface area contributed by atoms with Gasteiger partial charge in [0.05, 0.1) is 5.69 Å². The van der Waals surface area contributed by atoms with Crippen molar-refractivity contribution in [3.8, 4) is 22.4 Å². The van der Waals surface area contributed by atoms with Crippen molar-refractivity contribution in [1.29, 1.82) is 0 Å². The maximum absolute atomic E-state index is 4.83. The monoisotopic (exact) mass is 736 g/mol. The number of nitrogens with zero attached hydrogens (tertiary/aromatic N) is 2. The maximum atomic E-state index is 4.83. The Hall–Kier alpha value is -6.12. The zero-order chi connectivity index (χ0) is 38.1. The lowest BCUT2D eigenvalue weighted by molar-refractivity contribution is 0.491. The van der Waals surface area contributed by atoms with Crippen LogP contribution >= 0.6 is 0 Å². The standard InChI is InChI=1S/C55H48N2/c1-37-32-43(53-21-11-13-31-57-53)27-28-47(37)55-49-19-9-8-18-48(49)54(41-24-22-40(23-25-41)52-20-10-12-30-56-52)50-29-26-42(36-51(50)55)46-34-44(38-14-4-2-5-15-38)33-45(35-46)39-16-6-3-7-17-39/h2-6,8-10,12-16,18-20,22-26,29-32,34-37,44,47H,7,11,17,21,27-28,33H2,1H3/t37-,44?,47?/m0/s1. The van der Waals surface area contributed by atoms with E-state index >= 15 is 0 Å². The Kier molecular flexibility index (Phi) is 9.56. The molecule has 0 saturated carbocycles. The molecule has 0 saturated heterocycles. The van der Waals surface area contributed by atoms with E-state index < -0.39 is 0 Å². The summed E-state index contributed by atoms with van der Waals surface area (Å²) in [4.78, 5) is 9.47. The van der Waals surface area contributed by atoms with Gasteiger partial charge in [0.2, 0.25) is 0 Å². The summed E-state index contributed by atoms with van der Waals surface area (Å²) in [7, 11) is 0. The molecule has 1 aliphatic heterocycles. The molecule has 10 rings (SSSR count). The molecule has 0 bridgehead atoms. The van der Waals surface area contributed by atoms with Crippen LogP contribution in [0.5, 0.6) is 0 Å². The third-order valence-corrected chi connectivity index (χ3v) is 12.8. The molecule has 57 heavy (non-hydrogen) atoms. The SMILES string of the molecule is C[C@H]1C=C(C2=NC=CCC2)CCC1c1c2ccccc2c(-c2ccc(-c3ccccn3)cc2)c2ccc(C3=CC(c4ccccc4)CC(C4=CC=CCC4)=C3)cc12. The zero-order valence-electron chi connectivity index (χ0n) is 32.7. The molecule has 0 radical (unpaired) electrons. The van der Waals surface area contributed by atoms with Crippen LogP contribution in [0, 0.1) is 5.92 Å². The van der Waals surface area contributed by atoms with Crippen LogP contribution in [0.15, 0.2) is 192 Å². The number of fused-ring (bicyclic) bond motifs is 2. The molecule has 278 valence electrons. The van der Waals surface area contributed by atoms with E-state index in [1.54, 1.807) is 0 Å². The van der Waals surface area contributed by atoms with Gasteiger partial charge in [0.15, 0.2) is 0 Å². The fraction of sp³-hybridized carbons (Fsp3) is 0.200. The van der Waals surface area contributed by atoms with Crippen molar-refractivity contribution in [3.63, 3.8) is 0 Å². The van der Waals surface area contributed by atoms with Gasteiger partial charge in [-0.1, -0.05) is 147 Å². The summed E-state index contributed by atoms with van der Waals surface area (Å²) < 4.78 is 0. The first-order valence-electron chi connectivity index (χ1n) is 20.9. The number of pyridine rings is 1. The van der Waals surface area contributed by atoms with Gasteiger partial charge in [-0.25, -0.2) is 0 Å². The average molecular weight is 737 g/mol. The van der Waals surface area contributed by atoms with E-state index in [-0.39, 0.29) is 0 Å². The highest BCUT2D eigenvalue weighted by molar-refractivity contribution is 6.16. The fourth-order valence-electron chi connectivity index (χ4n) is 9.92. The molecule has 2 heteroatoms. The van der Waals surface area contributed by atoms with E-state index in [0.29, 0.717) is 17.8 Å². The highest BCUT2D eigenvalue weighted by Crippen LogP contribution is 2.49. The summed E-state index contributed by atoms with van der Waals surface area (Å²) in [5.41, 5.74) is 15.8. The summed E-state index contributed by atoms with van der Waals surface area (Å²) in [6.45, 7) is 2.44. The molecule has 6 aromatic rings. The van der Waals surface area contributed by atoms with Crippen LogP contribution in [0.4, 0.5) is 0 Å². The van der Waals surface area contributed by atoms with E-state index in [1.807, 2.05) is 18.5 Å². The van der Waals surface area contributed by atoms with E-state index in [4.69, 9.17) is 4.99 Å². The number of benzene rings is 5.